The molecule has 6 nitrogen and oxygen atoms in total. The van der Waals surface area contributed by atoms with E-state index in [1.165, 1.54) is 0 Å². The minimum Gasteiger partial charge on any atom is -0.388 e. The van der Waals surface area contributed by atoms with Crippen LogP contribution in [0, 0.1) is 10.1 Å². The molecular weight excluding hydrogens is 268 g/mol. The molecule has 1 heterocycles. The molecule has 1 aromatic carbocycles. The summed E-state index contributed by atoms with van der Waals surface area (Å²) in [5, 5.41) is 14.0. The number of rotatable bonds is 3. The van der Waals surface area contributed by atoms with Crippen molar-refractivity contribution in [3.63, 3.8) is 0 Å². The topological polar surface area (TPSA) is 61.6 Å². The maximum atomic E-state index is 11.0. The van der Waals surface area contributed by atoms with E-state index in [1.54, 1.807) is 19.2 Å². The molecule has 0 unspecified atom stereocenters. The van der Waals surface area contributed by atoms with Gasteiger partial charge in [-0.25, -0.2) is 0 Å². The van der Waals surface area contributed by atoms with Crippen molar-refractivity contribution in [1.82, 2.24) is 4.90 Å². The monoisotopic (exact) mass is 292 g/mol. The molecule has 0 saturated carbocycles. The van der Waals surface area contributed by atoms with Gasteiger partial charge < -0.3 is 10.2 Å². The first-order valence-corrected chi connectivity index (χ1v) is 7.28. The van der Waals surface area contributed by atoms with Gasteiger partial charge in [-0.3, -0.25) is 15.0 Å². The van der Waals surface area contributed by atoms with Gasteiger partial charge in [-0.05, 0) is 26.8 Å². The number of nitro groups is 1. The summed E-state index contributed by atoms with van der Waals surface area (Å²) in [6, 6.07) is 5.20. The van der Waals surface area contributed by atoms with Crippen LogP contribution in [0.5, 0.6) is 0 Å². The normalized spacial score (nSPS) is 16.9. The molecule has 2 rings (SSSR count). The zero-order chi connectivity index (χ0) is 15.6. The summed E-state index contributed by atoms with van der Waals surface area (Å²) in [5.74, 6) is 0. The number of benzene rings is 1. The molecule has 0 spiro atoms. The van der Waals surface area contributed by atoms with Crippen molar-refractivity contribution in [2.24, 2.45) is 0 Å². The number of non-ortho nitro benzene ring substituents is 1. The highest BCUT2D eigenvalue weighted by Gasteiger charge is 2.26. The maximum absolute atomic E-state index is 11.0. The zero-order valence-electron chi connectivity index (χ0n) is 13.2. The fourth-order valence-electron chi connectivity index (χ4n) is 2.66. The second-order valence-corrected chi connectivity index (χ2v) is 6.39. The van der Waals surface area contributed by atoms with Crippen molar-refractivity contribution in [2.75, 3.05) is 43.4 Å². The van der Waals surface area contributed by atoms with E-state index in [0.717, 1.165) is 37.6 Å². The van der Waals surface area contributed by atoms with E-state index in [-0.39, 0.29) is 16.1 Å². The smallest absolute Gasteiger partial charge is 0.273 e. The average molecular weight is 292 g/mol. The van der Waals surface area contributed by atoms with E-state index < -0.39 is 0 Å². The summed E-state index contributed by atoms with van der Waals surface area (Å²) in [5.41, 5.74) is 2.00. The number of hydrogen-bond acceptors (Lipinski definition) is 5. The second kappa shape index (κ2) is 5.89. The molecule has 1 aliphatic rings. The predicted molar refractivity (Wildman–Crippen MR) is 86.2 cm³/mol. The molecule has 1 aliphatic heterocycles. The van der Waals surface area contributed by atoms with E-state index in [0.29, 0.717) is 0 Å². The first-order valence-electron chi connectivity index (χ1n) is 7.28. The van der Waals surface area contributed by atoms with Gasteiger partial charge >= 0.3 is 0 Å². The van der Waals surface area contributed by atoms with Gasteiger partial charge in [0.15, 0.2) is 0 Å². The summed E-state index contributed by atoms with van der Waals surface area (Å²) in [4.78, 5) is 15.4. The lowest BCUT2D eigenvalue weighted by Crippen LogP contribution is -2.53. The van der Waals surface area contributed by atoms with Crippen LogP contribution in [0.15, 0.2) is 18.2 Å². The van der Waals surface area contributed by atoms with Gasteiger partial charge in [0.1, 0.15) is 0 Å². The standard InChI is InChI=1S/C15H24N4O2/c1-15(2,3)18-7-5-17(6-8-18)13-9-12(16-4)10-14(11-13)19(20)21/h9-11,16H,5-8H2,1-4H3. The Morgan fingerprint density at radius 2 is 1.76 bits per heavy atom. The van der Waals surface area contributed by atoms with Gasteiger partial charge in [0, 0.05) is 62.3 Å². The van der Waals surface area contributed by atoms with Crippen LogP contribution in [0.25, 0.3) is 0 Å². The van der Waals surface area contributed by atoms with Crippen LogP contribution >= 0.6 is 0 Å². The molecule has 21 heavy (non-hydrogen) atoms. The number of nitrogens with zero attached hydrogens (tertiary/aromatic N) is 3. The van der Waals surface area contributed by atoms with Crippen molar-refractivity contribution in [3.05, 3.63) is 28.3 Å². The lowest BCUT2D eigenvalue weighted by molar-refractivity contribution is -0.384. The maximum Gasteiger partial charge on any atom is 0.273 e. The Kier molecular flexibility index (Phi) is 4.37. The van der Waals surface area contributed by atoms with E-state index in [1.807, 2.05) is 6.07 Å². The van der Waals surface area contributed by atoms with Crippen molar-refractivity contribution >= 4 is 17.1 Å². The first kappa shape index (κ1) is 15.6. The van der Waals surface area contributed by atoms with Crippen LogP contribution in [-0.4, -0.2) is 48.6 Å². The molecule has 6 heteroatoms. The SMILES string of the molecule is CNc1cc(N2CCN(C(C)(C)C)CC2)cc([N+](=O)[O-])c1. The number of anilines is 2. The summed E-state index contributed by atoms with van der Waals surface area (Å²) in [7, 11) is 1.78. The number of nitrogens with one attached hydrogen (secondary N) is 1. The Hall–Kier alpha value is -1.82. The molecule has 1 aromatic rings. The van der Waals surface area contributed by atoms with Crippen LogP contribution < -0.4 is 10.2 Å². The van der Waals surface area contributed by atoms with E-state index >= 15 is 0 Å². The first-order chi connectivity index (χ1) is 9.81. The fraction of sp³-hybridized carbons (Fsp3) is 0.600. The summed E-state index contributed by atoms with van der Waals surface area (Å²) < 4.78 is 0. The molecule has 0 radical (unpaired) electrons. The third-order valence-electron chi connectivity index (χ3n) is 4.00. The average Bonchev–Trinajstić information content (AvgIpc) is 2.46. The van der Waals surface area contributed by atoms with E-state index in [2.05, 4.69) is 35.9 Å². The van der Waals surface area contributed by atoms with Gasteiger partial charge in [-0.1, -0.05) is 0 Å². The zero-order valence-corrected chi connectivity index (χ0v) is 13.2. The number of piperazine rings is 1. The number of nitro benzene ring substituents is 1. The third kappa shape index (κ3) is 3.64. The minimum absolute atomic E-state index is 0.134. The summed E-state index contributed by atoms with van der Waals surface area (Å²) in [6.45, 7) is 10.4. The van der Waals surface area contributed by atoms with Gasteiger partial charge in [0.25, 0.3) is 5.69 Å². The molecule has 0 amide bonds. The second-order valence-electron chi connectivity index (χ2n) is 6.39. The molecule has 116 valence electrons. The van der Waals surface area contributed by atoms with Gasteiger partial charge in [0.2, 0.25) is 0 Å². The van der Waals surface area contributed by atoms with Gasteiger partial charge in [0.05, 0.1) is 4.92 Å². The Morgan fingerprint density at radius 1 is 1.14 bits per heavy atom. The third-order valence-corrected chi connectivity index (χ3v) is 4.00. The Morgan fingerprint density at radius 3 is 2.24 bits per heavy atom. The minimum atomic E-state index is -0.338. The van der Waals surface area contributed by atoms with Crippen LogP contribution in [-0.2, 0) is 0 Å². The highest BCUT2D eigenvalue weighted by atomic mass is 16.6. The summed E-state index contributed by atoms with van der Waals surface area (Å²) in [6.07, 6.45) is 0. The highest BCUT2D eigenvalue weighted by molar-refractivity contribution is 5.64. The molecule has 0 bridgehead atoms. The van der Waals surface area contributed by atoms with Crippen molar-refractivity contribution in [3.8, 4) is 0 Å². The number of hydrogen-bond donors (Lipinski definition) is 1. The summed E-state index contributed by atoms with van der Waals surface area (Å²) >= 11 is 0. The van der Waals surface area contributed by atoms with E-state index in [9.17, 15) is 10.1 Å². The van der Waals surface area contributed by atoms with Crippen LogP contribution in [0.3, 0.4) is 0 Å². The van der Waals surface area contributed by atoms with E-state index in [4.69, 9.17) is 0 Å². The largest absolute Gasteiger partial charge is 0.388 e. The molecule has 0 aromatic heterocycles. The Labute approximate surface area is 125 Å². The molecule has 1 N–H and O–H groups in total. The molecule has 0 aliphatic carbocycles. The Balaban J connectivity index is 2.16. The van der Waals surface area contributed by atoms with Crippen molar-refractivity contribution in [1.29, 1.82) is 0 Å². The van der Waals surface area contributed by atoms with Crippen LogP contribution in [0.2, 0.25) is 0 Å². The van der Waals surface area contributed by atoms with Crippen LogP contribution in [0.1, 0.15) is 20.8 Å². The molecule has 1 saturated heterocycles. The van der Waals surface area contributed by atoms with Crippen LogP contribution in [0.4, 0.5) is 17.1 Å². The molecular formula is C15H24N4O2. The van der Waals surface area contributed by atoms with Gasteiger partial charge in [-0.15, -0.1) is 0 Å². The lowest BCUT2D eigenvalue weighted by atomic mass is 10.0. The molecule has 1 fully saturated rings. The fourth-order valence-corrected chi connectivity index (χ4v) is 2.66. The van der Waals surface area contributed by atoms with Crippen molar-refractivity contribution in [2.45, 2.75) is 26.3 Å². The Bertz CT molecular complexity index is 517. The lowest BCUT2D eigenvalue weighted by Gasteiger charge is -2.43. The predicted octanol–water partition coefficient (Wildman–Crippen LogP) is 2.56. The van der Waals surface area contributed by atoms with Gasteiger partial charge in [-0.2, -0.15) is 0 Å². The van der Waals surface area contributed by atoms with Crippen molar-refractivity contribution < 1.29 is 4.92 Å². The molecule has 0 atom stereocenters. The quantitative estimate of drug-likeness (QED) is 0.685. The highest BCUT2D eigenvalue weighted by Crippen LogP contribution is 2.28.